The molecule has 210 valence electrons. The van der Waals surface area contributed by atoms with Crippen LogP contribution >= 0.6 is 11.6 Å². The number of hydrogen-bond acceptors (Lipinski definition) is 7. The molecule has 11 heteroatoms. The highest BCUT2D eigenvalue weighted by molar-refractivity contribution is 6.30. The van der Waals surface area contributed by atoms with Crippen LogP contribution in [0.5, 0.6) is 0 Å². The predicted molar refractivity (Wildman–Crippen MR) is 153 cm³/mol. The van der Waals surface area contributed by atoms with Crippen molar-refractivity contribution < 1.29 is 14.4 Å². The SMILES string of the molecule is CN1CCN(CCNCC(CC(=O)Nc2ccc(Cl)cn2)NC(=O)c2ccc(N3CCCCC3=O)cc2)CC1. The molecular formula is C28H38ClN7O3. The van der Waals surface area contributed by atoms with Crippen LogP contribution in [0, 0.1) is 0 Å². The zero-order valence-electron chi connectivity index (χ0n) is 22.5. The van der Waals surface area contributed by atoms with Crippen LogP contribution in [0.25, 0.3) is 0 Å². The molecule has 3 heterocycles. The number of pyridine rings is 1. The molecule has 39 heavy (non-hydrogen) atoms. The fraction of sp³-hybridized carbons (Fsp3) is 0.500. The number of likely N-dealkylation sites (N-methyl/N-ethyl adjacent to an activating group) is 1. The Labute approximate surface area is 235 Å². The van der Waals surface area contributed by atoms with Gasteiger partial charge in [0.25, 0.3) is 5.91 Å². The van der Waals surface area contributed by atoms with E-state index < -0.39 is 6.04 Å². The van der Waals surface area contributed by atoms with Gasteiger partial charge in [-0.2, -0.15) is 0 Å². The van der Waals surface area contributed by atoms with Gasteiger partial charge in [0.2, 0.25) is 11.8 Å². The van der Waals surface area contributed by atoms with E-state index in [1.54, 1.807) is 41.3 Å². The molecule has 1 atom stereocenters. The topological polar surface area (TPSA) is 110 Å². The van der Waals surface area contributed by atoms with Gasteiger partial charge in [0.15, 0.2) is 0 Å². The Balaban J connectivity index is 1.33. The summed E-state index contributed by atoms with van der Waals surface area (Å²) in [5, 5.41) is 9.67. The lowest BCUT2D eigenvalue weighted by molar-refractivity contribution is -0.119. The summed E-state index contributed by atoms with van der Waals surface area (Å²) < 4.78 is 0. The molecule has 10 nitrogen and oxygen atoms in total. The first kappa shape index (κ1) is 28.9. The lowest BCUT2D eigenvalue weighted by atomic mass is 10.1. The highest BCUT2D eigenvalue weighted by Gasteiger charge is 2.21. The molecule has 2 aliphatic rings. The third-order valence-corrected chi connectivity index (χ3v) is 7.34. The van der Waals surface area contributed by atoms with Gasteiger partial charge in [-0.25, -0.2) is 4.98 Å². The van der Waals surface area contributed by atoms with Crippen molar-refractivity contribution in [2.75, 3.05) is 69.6 Å². The number of hydrogen-bond donors (Lipinski definition) is 3. The van der Waals surface area contributed by atoms with Gasteiger partial charge in [0, 0.05) is 82.6 Å². The van der Waals surface area contributed by atoms with Crippen LogP contribution in [0.15, 0.2) is 42.6 Å². The molecule has 3 amide bonds. The van der Waals surface area contributed by atoms with Crippen LogP contribution in [-0.4, -0.2) is 98.0 Å². The number of piperazine rings is 1. The van der Waals surface area contributed by atoms with Gasteiger partial charge in [0.1, 0.15) is 5.82 Å². The average molecular weight is 556 g/mol. The van der Waals surface area contributed by atoms with Gasteiger partial charge < -0.3 is 25.8 Å². The molecule has 0 saturated carbocycles. The van der Waals surface area contributed by atoms with Crippen molar-refractivity contribution in [3.05, 3.63) is 53.2 Å². The number of rotatable bonds is 11. The van der Waals surface area contributed by atoms with E-state index in [1.165, 1.54) is 6.20 Å². The summed E-state index contributed by atoms with van der Waals surface area (Å²) in [6.07, 6.45) is 4.00. The molecule has 4 rings (SSSR count). The minimum atomic E-state index is -0.430. The van der Waals surface area contributed by atoms with Crippen molar-refractivity contribution >= 4 is 40.8 Å². The Morgan fingerprint density at radius 1 is 1.03 bits per heavy atom. The van der Waals surface area contributed by atoms with Gasteiger partial charge in [0.05, 0.1) is 11.1 Å². The summed E-state index contributed by atoms with van der Waals surface area (Å²) in [7, 11) is 2.13. The maximum Gasteiger partial charge on any atom is 0.251 e. The highest BCUT2D eigenvalue weighted by Crippen LogP contribution is 2.21. The molecule has 0 bridgehead atoms. The van der Waals surface area contributed by atoms with Crippen molar-refractivity contribution in [1.82, 2.24) is 25.4 Å². The van der Waals surface area contributed by atoms with Crippen LogP contribution in [-0.2, 0) is 9.59 Å². The Bertz CT molecular complexity index is 1110. The van der Waals surface area contributed by atoms with Crippen LogP contribution < -0.4 is 20.9 Å². The third kappa shape index (κ3) is 8.99. The fourth-order valence-corrected chi connectivity index (χ4v) is 4.88. The third-order valence-electron chi connectivity index (χ3n) is 7.12. The predicted octanol–water partition coefficient (Wildman–Crippen LogP) is 2.22. The quantitative estimate of drug-likeness (QED) is 0.365. The minimum Gasteiger partial charge on any atom is -0.348 e. The molecule has 2 saturated heterocycles. The lowest BCUT2D eigenvalue weighted by Crippen LogP contribution is -2.48. The number of halogens is 1. The van der Waals surface area contributed by atoms with E-state index in [0.29, 0.717) is 35.9 Å². The second-order valence-corrected chi connectivity index (χ2v) is 10.6. The number of amides is 3. The summed E-state index contributed by atoms with van der Waals surface area (Å²) >= 11 is 5.89. The summed E-state index contributed by atoms with van der Waals surface area (Å²) in [4.78, 5) is 48.7. The lowest BCUT2D eigenvalue weighted by Gasteiger charge is -2.32. The van der Waals surface area contributed by atoms with E-state index in [1.807, 2.05) is 0 Å². The molecule has 0 spiro atoms. The molecule has 0 radical (unpaired) electrons. The first-order chi connectivity index (χ1) is 18.9. The zero-order valence-corrected chi connectivity index (χ0v) is 23.3. The smallest absolute Gasteiger partial charge is 0.251 e. The van der Waals surface area contributed by atoms with Crippen molar-refractivity contribution in [2.45, 2.75) is 31.7 Å². The summed E-state index contributed by atoms with van der Waals surface area (Å²) in [6.45, 7) is 7.00. The van der Waals surface area contributed by atoms with Gasteiger partial charge in [-0.1, -0.05) is 11.6 Å². The summed E-state index contributed by atoms with van der Waals surface area (Å²) in [5.41, 5.74) is 1.28. The first-order valence-electron chi connectivity index (χ1n) is 13.6. The number of piperidine rings is 1. The van der Waals surface area contributed by atoms with Gasteiger partial charge in [-0.3, -0.25) is 19.3 Å². The zero-order chi connectivity index (χ0) is 27.6. The molecule has 1 aromatic heterocycles. The second kappa shape index (κ2) is 14.4. The van der Waals surface area contributed by atoms with E-state index in [9.17, 15) is 14.4 Å². The number of carbonyl (C=O) groups is 3. The van der Waals surface area contributed by atoms with Crippen molar-refractivity contribution in [1.29, 1.82) is 0 Å². The van der Waals surface area contributed by atoms with E-state index in [-0.39, 0.29) is 24.1 Å². The van der Waals surface area contributed by atoms with Crippen molar-refractivity contribution in [2.24, 2.45) is 0 Å². The molecule has 1 aromatic carbocycles. The molecule has 0 aliphatic carbocycles. The average Bonchev–Trinajstić information content (AvgIpc) is 2.93. The first-order valence-corrected chi connectivity index (χ1v) is 14.0. The molecule has 2 aromatic rings. The fourth-order valence-electron chi connectivity index (χ4n) is 4.77. The molecule has 3 N–H and O–H groups in total. The largest absolute Gasteiger partial charge is 0.348 e. The van der Waals surface area contributed by atoms with E-state index >= 15 is 0 Å². The van der Waals surface area contributed by atoms with E-state index in [2.05, 4.69) is 37.8 Å². The highest BCUT2D eigenvalue weighted by atomic mass is 35.5. The summed E-state index contributed by atoms with van der Waals surface area (Å²) in [6, 6.07) is 9.92. The number of nitrogens with one attached hydrogen (secondary N) is 3. The Hall–Kier alpha value is -3.05. The molecule has 1 unspecified atom stereocenters. The van der Waals surface area contributed by atoms with Crippen molar-refractivity contribution in [3.63, 3.8) is 0 Å². The standard InChI is InChI=1S/C28H38ClN7O3/c1-34-14-16-35(17-15-34)13-11-30-20-23(18-26(37)33-25-10-7-22(29)19-31-25)32-28(39)21-5-8-24(9-6-21)36-12-3-2-4-27(36)38/h5-10,19,23,30H,2-4,11-18,20H2,1H3,(H,32,39)(H,31,33,37). The maximum absolute atomic E-state index is 13.1. The van der Waals surface area contributed by atoms with Crippen LogP contribution in [0.4, 0.5) is 11.5 Å². The van der Waals surface area contributed by atoms with E-state index in [4.69, 9.17) is 11.6 Å². The number of benzene rings is 1. The maximum atomic E-state index is 13.1. The van der Waals surface area contributed by atoms with Gasteiger partial charge in [-0.15, -0.1) is 0 Å². The number of carbonyl (C=O) groups excluding carboxylic acids is 3. The Morgan fingerprint density at radius 2 is 1.79 bits per heavy atom. The van der Waals surface area contributed by atoms with Gasteiger partial charge >= 0.3 is 0 Å². The Kier molecular flexibility index (Phi) is 10.7. The van der Waals surface area contributed by atoms with Crippen LogP contribution in [0.2, 0.25) is 5.02 Å². The minimum absolute atomic E-state index is 0.0813. The monoisotopic (exact) mass is 555 g/mol. The summed E-state index contributed by atoms with van der Waals surface area (Å²) in [5.74, 6) is -0.00698. The van der Waals surface area contributed by atoms with Crippen molar-refractivity contribution in [3.8, 4) is 0 Å². The molecule has 2 fully saturated rings. The Morgan fingerprint density at radius 3 is 2.49 bits per heavy atom. The normalized spacial score (nSPS) is 17.6. The second-order valence-electron chi connectivity index (χ2n) is 10.2. The molecule has 2 aliphatic heterocycles. The van der Waals surface area contributed by atoms with Crippen LogP contribution in [0.3, 0.4) is 0 Å². The number of nitrogens with zero attached hydrogens (tertiary/aromatic N) is 4. The van der Waals surface area contributed by atoms with Gasteiger partial charge in [-0.05, 0) is 56.3 Å². The van der Waals surface area contributed by atoms with Crippen LogP contribution in [0.1, 0.15) is 36.0 Å². The molecular weight excluding hydrogens is 518 g/mol. The number of anilines is 2. The number of aromatic nitrogens is 1. The van der Waals surface area contributed by atoms with E-state index in [0.717, 1.165) is 57.8 Å².